The Bertz CT molecular complexity index is 1230. The van der Waals surface area contributed by atoms with Gasteiger partial charge in [0.15, 0.2) is 0 Å². The van der Waals surface area contributed by atoms with Crippen LogP contribution in [0.1, 0.15) is 42.9 Å². The third-order valence-corrected chi connectivity index (χ3v) is 7.08. The first-order chi connectivity index (χ1) is 17.6. The summed E-state index contributed by atoms with van der Waals surface area (Å²) in [6.45, 7) is 6.09. The third-order valence-electron chi connectivity index (χ3n) is 7.08. The first-order valence-corrected chi connectivity index (χ1v) is 12.9. The number of likely N-dealkylation sites (tertiary alicyclic amines) is 1. The van der Waals surface area contributed by atoms with Gasteiger partial charge in [-0.3, -0.25) is 4.79 Å². The Morgan fingerprint density at radius 1 is 1.17 bits per heavy atom. The molecule has 7 nitrogen and oxygen atoms in total. The number of carbonyl (C=O) groups excluding carboxylic acids is 1. The lowest BCUT2D eigenvalue weighted by Crippen LogP contribution is -2.40. The minimum absolute atomic E-state index is 0.0726. The van der Waals surface area contributed by atoms with Crippen molar-refractivity contribution in [2.75, 3.05) is 44.0 Å². The Morgan fingerprint density at radius 2 is 2.03 bits per heavy atom. The van der Waals surface area contributed by atoms with Crippen LogP contribution in [0.2, 0.25) is 0 Å². The van der Waals surface area contributed by atoms with Gasteiger partial charge in [-0.2, -0.15) is 0 Å². The minimum Gasteiger partial charge on any atom is -0.383 e. The summed E-state index contributed by atoms with van der Waals surface area (Å²) < 4.78 is 5.21. The van der Waals surface area contributed by atoms with E-state index < -0.39 is 0 Å². The molecule has 188 valence electrons. The van der Waals surface area contributed by atoms with Crippen LogP contribution in [0.4, 0.5) is 11.4 Å². The SMILES string of the molecule is CCCc1ccc(C=C2C(=O)Nc3ccc(NC4CCN(CCOC)CC4)cc32)c(-c2ncc[nH]2)c1. The Balaban J connectivity index is 1.39. The van der Waals surface area contributed by atoms with Crippen molar-refractivity contribution in [3.05, 3.63) is 65.5 Å². The van der Waals surface area contributed by atoms with Crippen molar-refractivity contribution in [2.45, 2.75) is 38.6 Å². The quantitative estimate of drug-likeness (QED) is 0.370. The molecule has 2 aliphatic rings. The fourth-order valence-corrected chi connectivity index (χ4v) is 5.12. The lowest BCUT2D eigenvalue weighted by atomic mass is 9.97. The molecule has 1 fully saturated rings. The molecule has 3 heterocycles. The minimum atomic E-state index is -0.0726. The van der Waals surface area contributed by atoms with Crippen LogP contribution >= 0.6 is 0 Å². The van der Waals surface area contributed by atoms with E-state index in [4.69, 9.17) is 4.74 Å². The molecule has 3 aromatic rings. The number of fused-ring (bicyclic) bond motifs is 1. The number of rotatable bonds is 9. The maximum Gasteiger partial charge on any atom is 0.256 e. The van der Waals surface area contributed by atoms with E-state index in [0.29, 0.717) is 11.6 Å². The number of nitrogens with one attached hydrogen (secondary N) is 3. The fraction of sp³-hybridized carbons (Fsp3) is 0.379. The average molecular weight is 486 g/mol. The molecule has 0 spiro atoms. The number of imidazole rings is 1. The molecule has 0 bridgehead atoms. The van der Waals surface area contributed by atoms with Gasteiger partial charge in [-0.15, -0.1) is 0 Å². The van der Waals surface area contributed by atoms with Crippen molar-refractivity contribution < 1.29 is 9.53 Å². The Kier molecular flexibility index (Phi) is 7.49. The van der Waals surface area contributed by atoms with Gasteiger partial charge in [0.1, 0.15) is 5.82 Å². The van der Waals surface area contributed by atoms with E-state index in [1.807, 2.05) is 18.3 Å². The number of ether oxygens (including phenoxy) is 1. The molecule has 0 radical (unpaired) electrons. The highest BCUT2D eigenvalue weighted by Gasteiger charge is 2.26. The number of carbonyl (C=O) groups is 1. The smallest absolute Gasteiger partial charge is 0.256 e. The Morgan fingerprint density at radius 3 is 2.78 bits per heavy atom. The zero-order valence-electron chi connectivity index (χ0n) is 21.1. The zero-order valence-corrected chi connectivity index (χ0v) is 21.1. The monoisotopic (exact) mass is 485 g/mol. The number of methoxy groups -OCH3 is 1. The van der Waals surface area contributed by atoms with E-state index in [1.54, 1.807) is 13.3 Å². The largest absolute Gasteiger partial charge is 0.383 e. The molecule has 36 heavy (non-hydrogen) atoms. The number of benzene rings is 2. The van der Waals surface area contributed by atoms with Crippen LogP contribution in [0.3, 0.4) is 0 Å². The van der Waals surface area contributed by atoms with Crippen LogP contribution in [0, 0.1) is 0 Å². The number of hydrogen-bond donors (Lipinski definition) is 3. The van der Waals surface area contributed by atoms with E-state index >= 15 is 0 Å². The summed E-state index contributed by atoms with van der Waals surface area (Å²) in [4.78, 5) is 23.1. The number of piperidine rings is 1. The first-order valence-electron chi connectivity index (χ1n) is 12.9. The van der Waals surface area contributed by atoms with Crippen LogP contribution in [-0.2, 0) is 16.0 Å². The summed E-state index contributed by atoms with van der Waals surface area (Å²) in [5.41, 5.74) is 6.77. The molecule has 7 heteroatoms. The van der Waals surface area contributed by atoms with E-state index in [-0.39, 0.29) is 5.91 Å². The number of aromatic nitrogens is 2. The number of aromatic amines is 1. The molecule has 0 atom stereocenters. The van der Waals surface area contributed by atoms with Crippen molar-refractivity contribution >= 4 is 28.9 Å². The highest BCUT2D eigenvalue weighted by Crippen LogP contribution is 2.37. The lowest BCUT2D eigenvalue weighted by molar-refractivity contribution is -0.110. The molecular formula is C29H35N5O2. The third kappa shape index (κ3) is 5.37. The number of hydrogen-bond acceptors (Lipinski definition) is 5. The van der Waals surface area contributed by atoms with Gasteiger partial charge in [-0.25, -0.2) is 4.98 Å². The molecule has 1 saturated heterocycles. The molecule has 0 saturated carbocycles. The Hall–Kier alpha value is -3.42. The molecule has 2 aliphatic heterocycles. The summed E-state index contributed by atoms with van der Waals surface area (Å²) in [5, 5.41) is 6.74. The fourth-order valence-electron chi connectivity index (χ4n) is 5.12. The first kappa shape index (κ1) is 24.3. The second kappa shape index (κ2) is 11.1. The predicted octanol–water partition coefficient (Wildman–Crippen LogP) is 5.04. The van der Waals surface area contributed by atoms with Crippen LogP contribution in [0.15, 0.2) is 48.8 Å². The topological polar surface area (TPSA) is 82.3 Å². The zero-order chi connectivity index (χ0) is 24.9. The van der Waals surface area contributed by atoms with E-state index in [2.05, 4.69) is 62.8 Å². The van der Waals surface area contributed by atoms with Crippen molar-refractivity contribution in [3.8, 4) is 11.4 Å². The average Bonchev–Trinajstić information content (AvgIpc) is 3.53. The van der Waals surface area contributed by atoms with E-state index in [9.17, 15) is 4.79 Å². The normalized spacial score (nSPS) is 17.4. The standard InChI is InChI=1S/C29H35N5O2/c1-3-4-20-5-6-21(24(17-20)28-30-11-12-31-28)18-26-25-19-23(7-8-27(25)33-29(26)35)32-22-9-13-34(14-10-22)15-16-36-2/h5-8,11-12,17-19,22,32H,3-4,9-10,13-16H2,1-2H3,(H,30,31)(H,33,35). The van der Waals surface area contributed by atoms with Crippen LogP contribution < -0.4 is 10.6 Å². The Labute approximate surface area is 213 Å². The predicted molar refractivity (Wildman–Crippen MR) is 146 cm³/mol. The van der Waals surface area contributed by atoms with Crippen LogP contribution in [0.5, 0.6) is 0 Å². The molecule has 1 amide bonds. The second-order valence-electron chi connectivity index (χ2n) is 9.63. The second-order valence-corrected chi connectivity index (χ2v) is 9.63. The van der Waals surface area contributed by atoms with Gasteiger partial charge in [0.2, 0.25) is 0 Å². The lowest BCUT2D eigenvalue weighted by Gasteiger charge is -2.32. The van der Waals surface area contributed by atoms with Crippen molar-refractivity contribution in [1.29, 1.82) is 0 Å². The number of H-pyrrole nitrogens is 1. The van der Waals surface area contributed by atoms with Gasteiger partial charge in [0, 0.05) is 73.3 Å². The summed E-state index contributed by atoms with van der Waals surface area (Å²) in [7, 11) is 1.75. The summed E-state index contributed by atoms with van der Waals surface area (Å²) >= 11 is 0. The van der Waals surface area contributed by atoms with Gasteiger partial charge >= 0.3 is 0 Å². The summed E-state index contributed by atoms with van der Waals surface area (Å²) in [5.74, 6) is 0.738. The van der Waals surface area contributed by atoms with Crippen molar-refractivity contribution in [2.24, 2.45) is 0 Å². The summed E-state index contributed by atoms with van der Waals surface area (Å²) in [6, 6.07) is 13.0. The number of aryl methyl sites for hydroxylation is 1. The molecule has 2 aromatic carbocycles. The highest BCUT2D eigenvalue weighted by atomic mass is 16.5. The maximum atomic E-state index is 13.0. The van der Waals surface area contributed by atoms with Gasteiger partial charge in [-0.1, -0.05) is 25.5 Å². The molecule has 0 unspecified atom stereocenters. The molecule has 3 N–H and O–H groups in total. The number of amides is 1. The number of nitrogens with zero attached hydrogens (tertiary/aromatic N) is 2. The molecule has 1 aromatic heterocycles. The number of anilines is 2. The van der Waals surface area contributed by atoms with E-state index in [1.165, 1.54) is 5.56 Å². The van der Waals surface area contributed by atoms with E-state index in [0.717, 1.165) is 85.8 Å². The molecule has 5 rings (SSSR count). The van der Waals surface area contributed by atoms with Crippen molar-refractivity contribution in [3.63, 3.8) is 0 Å². The van der Waals surface area contributed by atoms with Crippen LogP contribution in [-0.4, -0.2) is 60.2 Å². The van der Waals surface area contributed by atoms with Gasteiger partial charge < -0.3 is 25.3 Å². The maximum absolute atomic E-state index is 13.0. The molecular weight excluding hydrogens is 450 g/mol. The van der Waals surface area contributed by atoms with Gasteiger partial charge in [-0.05, 0) is 60.7 Å². The van der Waals surface area contributed by atoms with Crippen LogP contribution in [0.25, 0.3) is 23.0 Å². The van der Waals surface area contributed by atoms with Gasteiger partial charge in [0.05, 0.1) is 6.61 Å². The van der Waals surface area contributed by atoms with Crippen molar-refractivity contribution in [1.82, 2.24) is 14.9 Å². The molecule has 0 aliphatic carbocycles. The highest BCUT2D eigenvalue weighted by molar-refractivity contribution is 6.35. The summed E-state index contributed by atoms with van der Waals surface area (Å²) in [6.07, 6.45) is 9.86. The van der Waals surface area contributed by atoms with Gasteiger partial charge in [0.25, 0.3) is 5.91 Å².